The van der Waals surface area contributed by atoms with Crippen LogP contribution in [0.25, 0.3) is 0 Å². The molecule has 0 radical (unpaired) electrons. The molecule has 11 nitrogen and oxygen atoms in total. The lowest BCUT2D eigenvalue weighted by atomic mass is 10.3. The Hall–Kier alpha value is -2.31. The Balaban J connectivity index is 2.10. The number of methoxy groups -OCH3 is 4. The van der Waals surface area contributed by atoms with Crippen molar-refractivity contribution in [2.45, 2.75) is 46.4 Å². The van der Waals surface area contributed by atoms with Gasteiger partial charge in [-0.3, -0.25) is 19.1 Å². The molecule has 0 aliphatic heterocycles. The predicted octanol–water partition coefficient (Wildman–Crippen LogP) is 1.23. The highest BCUT2D eigenvalue weighted by molar-refractivity contribution is 5.71. The van der Waals surface area contributed by atoms with Gasteiger partial charge in [-0.2, -0.15) is 10.2 Å². The summed E-state index contributed by atoms with van der Waals surface area (Å²) in [5.41, 5.74) is 3.60. The van der Waals surface area contributed by atoms with E-state index < -0.39 is 0 Å². The quantitative estimate of drug-likeness (QED) is 0.318. The number of aromatic nitrogens is 4. The van der Waals surface area contributed by atoms with Crippen molar-refractivity contribution in [1.29, 1.82) is 0 Å². The Morgan fingerprint density at radius 1 is 0.818 bits per heavy atom. The number of nitrogens with zero attached hydrogens (tertiary/aromatic N) is 5. The van der Waals surface area contributed by atoms with Gasteiger partial charge in [-0.05, 0) is 19.1 Å². The van der Waals surface area contributed by atoms with Crippen LogP contribution in [0.2, 0.25) is 0 Å². The molecular formula is C22H37N5O6. The number of esters is 1. The Morgan fingerprint density at radius 3 is 1.67 bits per heavy atom. The molecule has 2 heterocycles. The van der Waals surface area contributed by atoms with Gasteiger partial charge in [0.2, 0.25) is 0 Å². The van der Waals surface area contributed by atoms with E-state index in [2.05, 4.69) is 10.2 Å². The van der Waals surface area contributed by atoms with Crippen LogP contribution in [-0.2, 0) is 68.0 Å². The average molecular weight is 468 g/mol. The zero-order valence-electron chi connectivity index (χ0n) is 20.4. The topological polar surface area (TPSA) is 102 Å². The first-order valence-electron chi connectivity index (χ1n) is 11.0. The Bertz CT molecular complexity index is 779. The molecule has 0 unspecified atom stereocenters. The first-order chi connectivity index (χ1) is 16.0. The summed E-state index contributed by atoms with van der Waals surface area (Å²) >= 11 is 0. The van der Waals surface area contributed by atoms with Crippen molar-refractivity contribution in [2.24, 2.45) is 0 Å². The van der Waals surface area contributed by atoms with Crippen molar-refractivity contribution in [3.8, 4) is 0 Å². The van der Waals surface area contributed by atoms with Crippen LogP contribution in [0.1, 0.15) is 29.7 Å². The van der Waals surface area contributed by atoms with Crippen molar-refractivity contribution >= 4 is 5.97 Å². The minimum atomic E-state index is -0.257. The molecule has 0 saturated carbocycles. The third-order valence-corrected chi connectivity index (χ3v) is 4.91. The molecule has 186 valence electrons. The summed E-state index contributed by atoms with van der Waals surface area (Å²) in [6.07, 6.45) is 0. The van der Waals surface area contributed by atoms with Gasteiger partial charge in [-0.25, -0.2) is 0 Å². The molecule has 2 aromatic heterocycles. The SMILES string of the molecule is CCOC(=O)CN(CCn1nc(COC)cc1COC)CCn1nc(COC)cc1COC. The molecule has 0 aliphatic rings. The second-order valence-corrected chi connectivity index (χ2v) is 7.51. The molecule has 0 atom stereocenters. The monoisotopic (exact) mass is 467 g/mol. The summed E-state index contributed by atoms with van der Waals surface area (Å²) in [6, 6.07) is 3.95. The molecule has 0 bridgehead atoms. The number of hydrogen-bond acceptors (Lipinski definition) is 9. The highest BCUT2D eigenvalue weighted by Crippen LogP contribution is 2.10. The summed E-state index contributed by atoms with van der Waals surface area (Å²) < 4.78 is 30.0. The largest absolute Gasteiger partial charge is 0.465 e. The number of ether oxygens (including phenoxy) is 5. The summed E-state index contributed by atoms with van der Waals surface area (Å²) in [5, 5.41) is 9.21. The minimum Gasteiger partial charge on any atom is -0.465 e. The first-order valence-corrected chi connectivity index (χ1v) is 11.0. The van der Waals surface area contributed by atoms with Crippen LogP contribution >= 0.6 is 0 Å². The van der Waals surface area contributed by atoms with Crippen LogP contribution in [0.5, 0.6) is 0 Å². The molecular weight excluding hydrogens is 430 g/mol. The van der Waals surface area contributed by atoms with E-state index in [1.807, 2.05) is 26.4 Å². The van der Waals surface area contributed by atoms with E-state index in [4.69, 9.17) is 23.7 Å². The molecule has 33 heavy (non-hydrogen) atoms. The summed E-state index contributed by atoms with van der Waals surface area (Å²) in [6.45, 7) is 6.51. The van der Waals surface area contributed by atoms with E-state index in [9.17, 15) is 4.79 Å². The molecule has 0 N–H and O–H groups in total. The van der Waals surface area contributed by atoms with Crippen LogP contribution < -0.4 is 0 Å². The zero-order chi connectivity index (χ0) is 24.1. The van der Waals surface area contributed by atoms with Gasteiger partial charge >= 0.3 is 5.97 Å². The Kier molecular flexibility index (Phi) is 12.0. The van der Waals surface area contributed by atoms with Gasteiger partial charge in [-0.15, -0.1) is 0 Å². The van der Waals surface area contributed by atoms with Crippen molar-refractivity contribution < 1.29 is 28.5 Å². The molecule has 11 heteroatoms. The van der Waals surface area contributed by atoms with Gasteiger partial charge in [0.15, 0.2) is 0 Å². The second-order valence-electron chi connectivity index (χ2n) is 7.51. The van der Waals surface area contributed by atoms with Gasteiger partial charge in [0, 0.05) is 41.5 Å². The van der Waals surface area contributed by atoms with Crippen LogP contribution in [0, 0.1) is 0 Å². The first kappa shape index (κ1) is 26.9. The highest BCUT2D eigenvalue weighted by Gasteiger charge is 2.16. The predicted molar refractivity (Wildman–Crippen MR) is 120 cm³/mol. The highest BCUT2D eigenvalue weighted by atomic mass is 16.5. The summed E-state index contributed by atoms with van der Waals surface area (Å²) in [5.74, 6) is -0.257. The van der Waals surface area contributed by atoms with Crippen molar-refractivity contribution in [3.63, 3.8) is 0 Å². The standard InChI is InChI=1S/C22H37N5O6/c1-6-33-22(28)13-25(7-9-26-20(16-31-4)11-18(23-26)14-29-2)8-10-27-21(17-32-5)12-19(24-27)15-30-3/h11-12H,6-10,13-17H2,1-5H3. The second kappa shape index (κ2) is 14.8. The molecule has 0 aromatic carbocycles. The fourth-order valence-electron chi connectivity index (χ4n) is 3.51. The lowest BCUT2D eigenvalue weighted by molar-refractivity contribution is -0.144. The number of hydrogen-bond donors (Lipinski definition) is 0. The van der Waals surface area contributed by atoms with Crippen LogP contribution in [0.3, 0.4) is 0 Å². The van der Waals surface area contributed by atoms with Crippen molar-refractivity contribution in [1.82, 2.24) is 24.5 Å². The van der Waals surface area contributed by atoms with Crippen LogP contribution in [0.15, 0.2) is 12.1 Å². The molecule has 0 amide bonds. The molecule has 0 fully saturated rings. The number of carbonyl (C=O) groups excluding carboxylic acids is 1. The van der Waals surface area contributed by atoms with Crippen LogP contribution in [-0.4, -0.2) is 85.1 Å². The van der Waals surface area contributed by atoms with Gasteiger partial charge < -0.3 is 23.7 Å². The fourth-order valence-corrected chi connectivity index (χ4v) is 3.51. The third-order valence-electron chi connectivity index (χ3n) is 4.91. The van der Waals surface area contributed by atoms with E-state index >= 15 is 0 Å². The van der Waals surface area contributed by atoms with Gasteiger partial charge in [0.25, 0.3) is 0 Å². The van der Waals surface area contributed by atoms with E-state index in [0.29, 0.717) is 59.2 Å². The van der Waals surface area contributed by atoms with Gasteiger partial charge in [0.05, 0.1) is 75.4 Å². The normalized spacial score (nSPS) is 11.5. The molecule has 0 spiro atoms. The van der Waals surface area contributed by atoms with E-state index in [1.54, 1.807) is 35.4 Å². The average Bonchev–Trinajstić information content (AvgIpc) is 3.34. The summed E-state index contributed by atoms with van der Waals surface area (Å²) in [4.78, 5) is 14.3. The van der Waals surface area contributed by atoms with E-state index in [-0.39, 0.29) is 12.5 Å². The molecule has 0 saturated heterocycles. The minimum absolute atomic E-state index is 0.186. The number of rotatable bonds is 17. The third kappa shape index (κ3) is 8.86. The van der Waals surface area contributed by atoms with Crippen molar-refractivity contribution in [2.75, 3.05) is 54.7 Å². The number of carbonyl (C=O) groups is 1. The van der Waals surface area contributed by atoms with E-state index in [0.717, 1.165) is 22.8 Å². The van der Waals surface area contributed by atoms with Gasteiger partial charge in [-0.1, -0.05) is 0 Å². The lowest BCUT2D eigenvalue weighted by Gasteiger charge is -2.22. The fraction of sp³-hybridized carbons (Fsp3) is 0.682. The van der Waals surface area contributed by atoms with E-state index in [1.165, 1.54) is 0 Å². The molecule has 0 aliphatic carbocycles. The maximum Gasteiger partial charge on any atom is 0.320 e. The maximum absolute atomic E-state index is 12.2. The maximum atomic E-state index is 12.2. The zero-order valence-corrected chi connectivity index (χ0v) is 20.4. The lowest BCUT2D eigenvalue weighted by Crippen LogP contribution is -2.36. The summed E-state index contributed by atoms with van der Waals surface area (Å²) in [7, 11) is 6.59. The van der Waals surface area contributed by atoms with Crippen LogP contribution in [0.4, 0.5) is 0 Å². The molecule has 2 aromatic rings. The Morgan fingerprint density at radius 2 is 1.27 bits per heavy atom. The van der Waals surface area contributed by atoms with Crippen molar-refractivity contribution in [3.05, 3.63) is 34.9 Å². The van der Waals surface area contributed by atoms with Gasteiger partial charge in [0.1, 0.15) is 0 Å². The molecule has 2 rings (SSSR count). The smallest absolute Gasteiger partial charge is 0.320 e. The Labute approximate surface area is 195 Å².